The minimum absolute atomic E-state index is 0.116. The lowest BCUT2D eigenvalue weighted by molar-refractivity contribution is 0.0617. The van der Waals surface area contributed by atoms with E-state index < -0.39 is 11.6 Å². The number of aromatic amines is 1. The highest BCUT2D eigenvalue weighted by Crippen LogP contribution is 2.13. The molecule has 0 radical (unpaired) electrons. The lowest BCUT2D eigenvalue weighted by atomic mass is 10.2. The Bertz CT molecular complexity index is 688. The molecule has 1 aromatic carbocycles. The first-order valence-corrected chi connectivity index (χ1v) is 7.49. The first-order valence-electron chi connectivity index (χ1n) is 7.49. The summed E-state index contributed by atoms with van der Waals surface area (Å²) in [6.45, 7) is 4.76. The molecule has 0 saturated carbocycles. The Balaban J connectivity index is 1.57. The van der Waals surface area contributed by atoms with Gasteiger partial charge in [0, 0.05) is 50.7 Å². The largest absolute Gasteiger partial charge is 0.338 e. The molecule has 122 valence electrons. The van der Waals surface area contributed by atoms with Crippen molar-refractivity contribution in [3.8, 4) is 0 Å². The van der Waals surface area contributed by atoms with E-state index in [1.54, 1.807) is 11.1 Å². The first-order chi connectivity index (χ1) is 11.0. The minimum atomic E-state index is -0.568. The second-order valence-electron chi connectivity index (χ2n) is 5.76. The molecule has 7 heteroatoms. The van der Waals surface area contributed by atoms with Gasteiger partial charge < -0.3 is 9.88 Å². The van der Waals surface area contributed by atoms with E-state index >= 15 is 0 Å². The van der Waals surface area contributed by atoms with Gasteiger partial charge in [-0.1, -0.05) is 0 Å². The van der Waals surface area contributed by atoms with E-state index in [1.165, 1.54) is 12.1 Å². The Morgan fingerprint density at radius 3 is 2.39 bits per heavy atom. The number of piperazine rings is 1. The number of benzene rings is 1. The number of hydrogen-bond donors (Lipinski definition) is 1. The predicted octanol–water partition coefficient (Wildman–Crippen LogP) is 1.95. The number of aryl methyl sites for hydroxylation is 1. The third-order valence-electron chi connectivity index (χ3n) is 3.89. The van der Waals surface area contributed by atoms with Crippen LogP contribution in [0.15, 0.2) is 24.4 Å². The molecule has 1 saturated heterocycles. The summed E-state index contributed by atoms with van der Waals surface area (Å²) in [5, 5.41) is 0. The molecule has 23 heavy (non-hydrogen) atoms. The topological polar surface area (TPSA) is 52.2 Å². The van der Waals surface area contributed by atoms with Gasteiger partial charge in [0.2, 0.25) is 0 Å². The number of hydrogen-bond acceptors (Lipinski definition) is 3. The Morgan fingerprint density at radius 2 is 1.83 bits per heavy atom. The molecule has 1 aliphatic heterocycles. The number of rotatable bonds is 3. The average Bonchev–Trinajstić information content (AvgIpc) is 2.93. The number of halogens is 2. The molecule has 5 nitrogen and oxygen atoms in total. The molecule has 2 aromatic rings. The number of H-pyrrole nitrogens is 1. The summed E-state index contributed by atoms with van der Waals surface area (Å²) in [5.74, 6) is -0.901. The van der Waals surface area contributed by atoms with Crippen molar-refractivity contribution in [1.29, 1.82) is 0 Å². The van der Waals surface area contributed by atoms with E-state index in [2.05, 4.69) is 14.9 Å². The lowest BCUT2D eigenvalue weighted by Gasteiger charge is -2.34. The van der Waals surface area contributed by atoms with Gasteiger partial charge in [-0.15, -0.1) is 0 Å². The van der Waals surface area contributed by atoms with Gasteiger partial charge in [0.05, 0.1) is 0 Å². The van der Waals surface area contributed by atoms with Crippen LogP contribution < -0.4 is 0 Å². The summed E-state index contributed by atoms with van der Waals surface area (Å²) in [6.07, 6.45) is 1.63. The van der Waals surface area contributed by atoms with Crippen LogP contribution in [0.4, 0.5) is 8.78 Å². The van der Waals surface area contributed by atoms with Crippen molar-refractivity contribution in [3.05, 3.63) is 53.1 Å². The second kappa shape index (κ2) is 6.45. The van der Waals surface area contributed by atoms with Gasteiger partial charge in [0.25, 0.3) is 5.91 Å². The van der Waals surface area contributed by atoms with Crippen LogP contribution in [0.25, 0.3) is 0 Å². The van der Waals surface area contributed by atoms with Crippen molar-refractivity contribution in [2.45, 2.75) is 13.5 Å². The fourth-order valence-electron chi connectivity index (χ4n) is 2.74. The number of carbonyl (C=O) groups is 1. The Morgan fingerprint density at radius 1 is 1.17 bits per heavy atom. The lowest BCUT2D eigenvalue weighted by Crippen LogP contribution is -2.48. The van der Waals surface area contributed by atoms with Crippen LogP contribution in [0, 0.1) is 18.6 Å². The number of nitrogens with zero attached hydrogens (tertiary/aromatic N) is 3. The number of nitrogens with one attached hydrogen (secondary N) is 1. The molecule has 0 spiro atoms. The third kappa shape index (κ3) is 3.73. The molecule has 0 bridgehead atoms. The summed E-state index contributed by atoms with van der Waals surface area (Å²) in [4.78, 5) is 23.1. The van der Waals surface area contributed by atoms with Crippen molar-refractivity contribution in [3.63, 3.8) is 0 Å². The molecule has 1 amide bonds. The third-order valence-corrected chi connectivity index (χ3v) is 3.89. The molecule has 0 aliphatic carbocycles. The smallest absolute Gasteiger partial charge is 0.289 e. The van der Waals surface area contributed by atoms with Crippen LogP contribution in [-0.4, -0.2) is 51.9 Å². The van der Waals surface area contributed by atoms with Gasteiger partial charge >= 0.3 is 0 Å². The highest BCUT2D eigenvalue weighted by Gasteiger charge is 2.23. The zero-order valence-corrected chi connectivity index (χ0v) is 12.9. The Hall–Kier alpha value is -2.28. The highest BCUT2D eigenvalue weighted by molar-refractivity contribution is 5.90. The standard InChI is InChI=1S/C16H18F2N4O/c1-11-9-19-15(20-11)16(23)22-4-2-21(3-5-22)10-12-6-13(17)8-14(18)7-12/h6-9H,2-5,10H2,1H3,(H,19,20). The molecule has 0 unspecified atom stereocenters. The van der Waals surface area contributed by atoms with E-state index in [9.17, 15) is 13.6 Å². The van der Waals surface area contributed by atoms with Crippen molar-refractivity contribution in [2.75, 3.05) is 26.2 Å². The van der Waals surface area contributed by atoms with Gasteiger partial charge in [-0.05, 0) is 24.6 Å². The Labute approximate surface area is 132 Å². The SMILES string of the molecule is Cc1cnc(C(=O)N2CCN(Cc3cc(F)cc(F)c3)CC2)[nH]1. The quantitative estimate of drug-likeness (QED) is 0.940. The highest BCUT2D eigenvalue weighted by atomic mass is 19.1. The van der Waals surface area contributed by atoms with Crippen molar-refractivity contribution < 1.29 is 13.6 Å². The van der Waals surface area contributed by atoms with Gasteiger partial charge in [-0.3, -0.25) is 9.69 Å². The molecule has 2 heterocycles. The second-order valence-corrected chi connectivity index (χ2v) is 5.76. The average molecular weight is 320 g/mol. The summed E-state index contributed by atoms with van der Waals surface area (Å²) in [7, 11) is 0. The van der Waals surface area contributed by atoms with Gasteiger partial charge in [-0.2, -0.15) is 0 Å². The Kier molecular flexibility index (Phi) is 4.38. The normalized spacial score (nSPS) is 15.9. The molecule has 0 atom stereocenters. The van der Waals surface area contributed by atoms with Crippen LogP contribution in [0.3, 0.4) is 0 Å². The van der Waals surface area contributed by atoms with Gasteiger partial charge in [-0.25, -0.2) is 13.8 Å². The summed E-state index contributed by atoms with van der Waals surface area (Å²) >= 11 is 0. The molecule has 1 N–H and O–H groups in total. The summed E-state index contributed by atoms with van der Waals surface area (Å²) < 4.78 is 26.4. The maximum Gasteiger partial charge on any atom is 0.289 e. The molecule has 1 fully saturated rings. The molecule has 3 rings (SSSR count). The van der Waals surface area contributed by atoms with E-state index in [4.69, 9.17) is 0 Å². The summed E-state index contributed by atoms with van der Waals surface area (Å²) in [5.41, 5.74) is 1.45. The van der Waals surface area contributed by atoms with Crippen LogP contribution in [0.2, 0.25) is 0 Å². The molecule has 1 aliphatic rings. The minimum Gasteiger partial charge on any atom is -0.338 e. The zero-order valence-electron chi connectivity index (χ0n) is 12.9. The summed E-state index contributed by atoms with van der Waals surface area (Å²) in [6, 6.07) is 3.55. The van der Waals surface area contributed by atoms with Crippen LogP contribution >= 0.6 is 0 Å². The van der Waals surface area contributed by atoms with Crippen molar-refractivity contribution in [2.24, 2.45) is 0 Å². The molecule has 1 aromatic heterocycles. The van der Waals surface area contributed by atoms with E-state index in [-0.39, 0.29) is 5.91 Å². The van der Waals surface area contributed by atoms with Crippen LogP contribution in [-0.2, 0) is 6.54 Å². The number of imidazole rings is 1. The maximum absolute atomic E-state index is 13.2. The van der Waals surface area contributed by atoms with Gasteiger partial charge in [0.15, 0.2) is 5.82 Å². The van der Waals surface area contributed by atoms with E-state index in [0.29, 0.717) is 44.1 Å². The van der Waals surface area contributed by atoms with Crippen LogP contribution in [0.1, 0.15) is 21.9 Å². The first kappa shape index (κ1) is 15.6. The van der Waals surface area contributed by atoms with Crippen molar-refractivity contribution >= 4 is 5.91 Å². The van der Waals surface area contributed by atoms with Gasteiger partial charge in [0.1, 0.15) is 11.6 Å². The fraction of sp³-hybridized carbons (Fsp3) is 0.375. The predicted molar refractivity (Wildman–Crippen MR) is 80.9 cm³/mol. The number of amides is 1. The van der Waals surface area contributed by atoms with Crippen molar-refractivity contribution in [1.82, 2.24) is 19.8 Å². The number of carbonyl (C=O) groups excluding carboxylic acids is 1. The number of aromatic nitrogens is 2. The fourth-order valence-corrected chi connectivity index (χ4v) is 2.74. The van der Waals surface area contributed by atoms with E-state index in [0.717, 1.165) is 11.8 Å². The molecular weight excluding hydrogens is 302 g/mol. The van der Waals surface area contributed by atoms with Crippen LogP contribution in [0.5, 0.6) is 0 Å². The monoisotopic (exact) mass is 320 g/mol. The zero-order chi connectivity index (χ0) is 16.4. The van der Waals surface area contributed by atoms with E-state index in [1.807, 2.05) is 6.92 Å². The molecular formula is C16H18F2N4O. The maximum atomic E-state index is 13.2.